The molecule has 1 aliphatic rings. The lowest BCUT2D eigenvalue weighted by Gasteiger charge is -2.31. The van der Waals surface area contributed by atoms with E-state index in [4.69, 9.17) is 5.73 Å². The van der Waals surface area contributed by atoms with E-state index in [1.165, 1.54) is 0 Å². The highest BCUT2D eigenvalue weighted by Gasteiger charge is 2.35. The Morgan fingerprint density at radius 2 is 1.95 bits per heavy atom. The highest BCUT2D eigenvalue weighted by Crippen LogP contribution is 2.27. The van der Waals surface area contributed by atoms with E-state index < -0.39 is 0 Å². The van der Waals surface area contributed by atoms with Crippen LogP contribution in [0.5, 0.6) is 0 Å². The van der Waals surface area contributed by atoms with E-state index in [1.54, 1.807) is 24.3 Å². The minimum absolute atomic E-state index is 0.0312. The van der Waals surface area contributed by atoms with Crippen LogP contribution in [0, 0.1) is 0 Å². The molecular formula is C15H21N3O2. The Morgan fingerprint density at radius 3 is 2.50 bits per heavy atom. The predicted octanol–water partition coefficient (Wildman–Crippen LogP) is 1.40. The van der Waals surface area contributed by atoms with Crippen LogP contribution in [-0.4, -0.2) is 35.3 Å². The lowest BCUT2D eigenvalue weighted by atomic mass is 10.0. The molecule has 0 aliphatic carbocycles. The number of hydrogen-bond acceptors (Lipinski definition) is 3. The summed E-state index contributed by atoms with van der Waals surface area (Å²) in [5.41, 5.74) is 6.58. The number of carbonyl (C=O) groups is 2. The third kappa shape index (κ3) is 3.10. The van der Waals surface area contributed by atoms with Crippen molar-refractivity contribution in [1.82, 2.24) is 10.2 Å². The van der Waals surface area contributed by atoms with Crippen molar-refractivity contribution in [2.45, 2.75) is 32.2 Å². The Morgan fingerprint density at radius 1 is 1.30 bits per heavy atom. The Hall–Kier alpha value is -2.04. The molecule has 1 saturated heterocycles. The van der Waals surface area contributed by atoms with Gasteiger partial charge in [-0.25, -0.2) is 0 Å². The Balaban J connectivity index is 1.90. The first-order valence-electron chi connectivity index (χ1n) is 6.84. The summed E-state index contributed by atoms with van der Waals surface area (Å²) in [6.45, 7) is 4.91. The first-order chi connectivity index (χ1) is 9.40. The summed E-state index contributed by atoms with van der Waals surface area (Å²) in [6.07, 6.45) is 2.02. The zero-order chi connectivity index (χ0) is 14.8. The molecule has 0 unspecified atom stereocenters. The van der Waals surface area contributed by atoms with Crippen molar-refractivity contribution in [1.29, 1.82) is 0 Å². The van der Waals surface area contributed by atoms with Gasteiger partial charge in [-0.05, 0) is 51.0 Å². The van der Waals surface area contributed by atoms with Gasteiger partial charge in [0.25, 0.3) is 5.91 Å². The molecular weight excluding hydrogens is 254 g/mol. The molecule has 0 atom stereocenters. The fraction of sp³-hybridized carbons (Fsp3) is 0.467. The SMILES string of the molecule is CC1(C)CCCN1C(=O)CNC(=O)c1ccc(N)cc1. The molecule has 0 aromatic heterocycles. The average Bonchev–Trinajstić information content (AvgIpc) is 2.76. The number of carbonyl (C=O) groups excluding carboxylic acids is 2. The van der Waals surface area contributed by atoms with Crippen LogP contribution < -0.4 is 11.1 Å². The van der Waals surface area contributed by atoms with Crippen molar-refractivity contribution in [2.24, 2.45) is 0 Å². The van der Waals surface area contributed by atoms with Crippen molar-refractivity contribution < 1.29 is 9.59 Å². The maximum atomic E-state index is 12.1. The fourth-order valence-electron chi connectivity index (χ4n) is 2.56. The van der Waals surface area contributed by atoms with E-state index in [-0.39, 0.29) is 23.9 Å². The zero-order valence-corrected chi connectivity index (χ0v) is 12.0. The Labute approximate surface area is 119 Å². The maximum absolute atomic E-state index is 12.1. The van der Waals surface area contributed by atoms with Crippen molar-refractivity contribution >= 4 is 17.5 Å². The van der Waals surface area contributed by atoms with Crippen LogP contribution in [0.4, 0.5) is 5.69 Å². The van der Waals surface area contributed by atoms with Gasteiger partial charge in [-0.2, -0.15) is 0 Å². The number of nitrogens with two attached hydrogens (primary N) is 1. The van der Waals surface area contributed by atoms with Gasteiger partial charge in [-0.1, -0.05) is 0 Å². The van der Waals surface area contributed by atoms with Crippen LogP contribution in [0.1, 0.15) is 37.0 Å². The molecule has 108 valence electrons. The van der Waals surface area contributed by atoms with Gasteiger partial charge in [0.1, 0.15) is 0 Å². The highest BCUT2D eigenvalue weighted by atomic mass is 16.2. The summed E-state index contributed by atoms with van der Waals surface area (Å²) in [6, 6.07) is 6.63. The number of nitrogen functional groups attached to an aromatic ring is 1. The number of benzene rings is 1. The van der Waals surface area contributed by atoms with Gasteiger partial charge in [0.05, 0.1) is 6.54 Å². The largest absolute Gasteiger partial charge is 0.399 e. The van der Waals surface area contributed by atoms with Gasteiger partial charge in [0, 0.05) is 23.3 Å². The normalized spacial score (nSPS) is 17.0. The maximum Gasteiger partial charge on any atom is 0.251 e. The van der Waals surface area contributed by atoms with Crippen LogP contribution in [0.25, 0.3) is 0 Å². The summed E-state index contributed by atoms with van der Waals surface area (Å²) in [4.78, 5) is 25.9. The second-order valence-corrected chi connectivity index (χ2v) is 5.77. The second kappa shape index (κ2) is 5.53. The molecule has 1 aromatic carbocycles. The third-order valence-electron chi connectivity index (χ3n) is 3.78. The molecule has 0 bridgehead atoms. The van der Waals surface area contributed by atoms with Crippen molar-refractivity contribution in [3.63, 3.8) is 0 Å². The average molecular weight is 275 g/mol. The minimum atomic E-state index is -0.254. The molecule has 1 fully saturated rings. The van der Waals surface area contributed by atoms with E-state index in [2.05, 4.69) is 19.2 Å². The first-order valence-corrected chi connectivity index (χ1v) is 6.84. The topological polar surface area (TPSA) is 75.4 Å². The number of likely N-dealkylation sites (tertiary alicyclic amines) is 1. The molecule has 1 heterocycles. The van der Waals surface area contributed by atoms with E-state index in [0.29, 0.717) is 11.3 Å². The van der Waals surface area contributed by atoms with Gasteiger partial charge < -0.3 is 16.0 Å². The Kier molecular flexibility index (Phi) is 3.97. The lowest BCUT2D eigenvalue weighted by Crippen LogP contribution is -2.47. The molecule has 0 spiro atoms. The van der Waals surface area contributed by atoms with E-state index in [1.807, 2.05) is 4.90 Å². The highest BCUT2D eigenvalue weighted by molar-refractivity contribution is 5.96. The number of anilines is 1. The standard InChI is InChI=1S/C15H21N3O2/c1-15(2)8-3-9-18(15)13(19)10-17-14(20)11-4-6-12(16)7-5-11/h4-7H,3,8-10,16H2,1-2H3,(H,17,20). The number of nitrogens with zero attached hydrogens (tertiary/aromatic N) is 1. The van der Waals surface area contributed by atoms with Gasteiger partial charge >= 0.3 is 0 Å². The van der Waals surface area contributed by atoms with Crippen LogP contribution in [-0.2, 0) is 4.79 Å². The summed E-state index contributed by atoms with van der Waals surface area (Å²) >= 11 is 0. The quantitative estimate of drug-likeness (QED) is 0.819. The van der Waals surface area contributed by atoms with E-state index in [9.17, 15) is 9.59 Å². The van der Waals surface area contributed by atoms with Gasteiger partial charge in [0.2, 0.25) is 5.91 Å². The fourth-order valence-corrected chi connectivity index (χ4v) is 2.56. The van der Waals surface area contributed by atoms with E-state index >= 15 is 0 Å². The predicted molar refractivity (Wildman–Crippen MR) is 78.2 cm³/mol. The summed E-state index contributed by atoms with van der Waals surface area (Å²) in [5, 5.41) is 2.66. The molecule has 5 heteroatoms. The van der Waals surface area contributed by atoms with Crippen LogP contribution in [0.15, 0.2) is 24.3 Å². The van der Waals surface area contributed by atoms with Crippen molar-refractivity contribution in [3.05, 3.63) is 29.8 Å². The lowest BCUT2D eigenvalue weighted by molar-refractivity contribution is -0.133. The molecule has 1 aliphatic heterocycles. The summed E-state index contributed by atoms with van der Waals surface area (Å²) in [7, 11) is 0. The van der Waals surface area contributed by atoms with Crippen molar-refractivity contribution in [2.75, 3.05) is 18.8 Å². The monoisotopic (exact) mass is 275 g/mol. The molecule has 3 N–H and O–H groups in total. The van der Waals surface area contributed by atoms with Crippen molar-refractivity contribution in [3.8, 4) is 0 Å². The van der Waals surface area contributed by atoms with Gasteiger partial charge in [-0.15, -0.1) is 0 Å². The molecule has 20 heavy (non-hydrogen) atoms. The van der Waals surface area contributed by atoms with Gasteiger partial charge in [0.15, 0.2) is 0 Å². The molecule has 0 radical (unpaired) electrons. The third-order valence-corrected chi connectivity index (χ3v) is 3.78. The number of rotatable bonds is 3. The number of hydrogen-bond donors (Lipinski definition) is 2. The molecule has 5 nitrogen and oxygen atoms in total. The van der Waals surface area contributed by atoms with E-state index in [0.717, 1.165) is 19.4 Å². The van der Waals surface area contributed by atoms with Crippen LogP contribution >= 0.6 is 0 Å². The summed E-state index contributed by atoms with van der Waals surface area (Å²) in [5.74, 6) is -0.286. The first kappa shape index (κ1) is 14.4. The van der Waals surface area contributed by atoms with Crippen LogP contribution in [0.2, 0.25) is 0 Å². The molecule has 1 aromatic rings. The van der Waals surface area contributed by atoms with Gasteiger partial charge in [-0.3, -0.25) is 9.59 Å². The van der Waals surface area contributed by atoms with Crippen LogP contribution in [0.3, 0.4) is 0 Å². The molecule has 2 rings (SSSR count). The summed E-state index contributed by atoms with van der Waals surface area (Å²) < 4.78 is 0. The number of amides is 2. The number of nitrogens with one attached hydrogen (secondary N) is 1. The Bertz CT molecular complexity index is 508. The molecule has 0 saturated carbocycles. The molecule has 2 amide bonds. The smallest absolute Gasteiger partial charge is 0.251 e. The second-order valence-electron chi connectivity index (χ2n) is 5.77. The minimum Gasteiger partial charge on any atom is -0.399 e. The zero-order valence-electron chi connectivity index (χ0n) is 12.0.